The third kappa shape index (κ3) is 3.17. The van der Waals surface area contributed by atoms with E-state index in [0.717, 1.165) is 53.0 Å². The van der Waals surface area contributed by atoms with E-state index in [1.54, 1.807) is 12.4 Å². The molecular formula is C20H21N7O. The summed E-state index contributed by atoms with van der Waals surface area (Å²) in [4.78, 5) is 18.4. The Hall–Kier alpha value is -3.10. The number of morpholine rings is 1. The smallest absolute Gasteiger partial charge is 0.154 e. The van der Waals surface area contributed by atoms with Crippen LogP contribution in [0.4, 0.5) is 5.82 Å². The third-order valence-corrected chi connectivity index (χ3v) is 4.96. The van der Waals surface area contributed by atoms with Crippen molar-refractivity contribution in [3.63, 3.8) is 0 Å². The normalized spacial score (nSPS) is 17.2. The Morgan fingerprint density at radius 3 is 3.07 bits per heavy atom. The zero-order valence-electron chi connectivity index (χ0n) is 15.6. The van der Waals surface area contributed by atoms with Crippen molar-refractivity contribution in [3.05, 3.63) is 43.0 Å². The van der Waals surface area contributed by atoms with Crippen LogP contribution in [0, 0.1) is 0 Å². The molecule has 0 aromatic carbocycles. The second kappa shape index (κ2) is 7.14. The minimum absolute atomic E-state index is 0.105. The van der Waals surface area contributed by atoms with Crippen LogP contribution in [0.3, 0.4) is 0 Å². The van der Waals surface area contributed by atoms with Gasteiger partial charge in [0.2, 0.25) is 0 Å². The molecule has 8 nitrogen and oxygen atoms in total. The number of aromatic nitrogens is 5. The number of anilines is 1. The first kappa shape index (κ1) is 17.0. The van der Waals surface area contributed by atoms with Crippen molar-refractivity contribution in [2.75, 3.05) is 31.6 Å². The fraction of sp³-hybridized carbons (Fsp3) is 0.300. The molecule has 1 aliphatic heterocycles. The van der Waals surface area contributed by atoms with E-state index in [4.69, 9.17) is 9.72 Å². The van der Waals surface area contributed by atoms with Gasteiger partial charge in [0.25, 0.3) is 0 Å². The van der Waals surface area contributed by atoms with E-state index in [-0.39, 0.29) is 6.10 Å². The summed E-state index contributed by atoms with van der Waals surface area (Å²) in [5.41, 5.74) is 4.26. The Labute approximate surface area is 162 Å². The Kier molecular flexibility index (Phi) is 4.34. The molecule has 4 aromatic rings. The van der Waals surface area contributed by atoms with E-state index >= 15 is 0 Å². The molecule has 0 saturated carbocycles. The molecule has 4 aromatic heterocycles. The summed E-state index contributed by atoms with van der Waals surface area (Å²) in [5.74, 6) is 0.711. The van der Waals surface area contributed by atoms with Gasteiger partial charge in [-0.25, -0.2) is 15.0 Å². The fourth-order valence-electron chi connectivity index (χ4n) is 3.50. The molecule has 1 aliphatic rings. The number of pyridine rings is 2. The minimum Gasteiger partial charge on any atom is -0.374 e. The first-order chi connectivity index (χ1) is 13.8. The largest absolute Gasteiger partial charge is 0.374 e. The lowest BCUT2D eigenvalue weighted by Crippen LogP contribution is -2.42. The average Bonchev–Trinajstić information content (AvgIpc) is 3.13. The third-order valence-electron chi connectivity index (χ3n) is 4.96. The highest BCUT2D eigenvalue weighted by atomic mass is 16.5. The van der Waals surface area contributed by atoms with Gasteiger partial charge in [-0.3, -0.25) is 4.98 Å². The summed E-state index contributed by atoms with van der Waals surface area (Å²) < 4.78 is 7.78. The number of hydrogen-bond acceptors (Lipinski definition) is 7. The number of ether oxygens (including phenoxy) is 1. The Bertz CT molecular complexity index is 1130. The topological polar surface area (TPSA) is 89.8 Å². The monoisotopic (exact) mass is 375 g/mol. The molecule has 0 aliphatic carbocycles. The highest BCUT2D eigenvalue weighted by Gasteiger charge is 2.16. The van der Waals surface area contributed by atoms with E-state index in [9.17, 15) is 0 Å². The Morgan fingerprint density at radius 2 is 2.18 bits per heavy atom. The van der Waals surface area contributed by atoms with E-state index in [2.05, 4.69) is 37.7 Å². The number of nitrogens with zero attached hydrogens (tertiary/aromatic N) is 5. The predicted octanol–water partition coefficient (Wildman–Crippen LogP) is 1.98. The number of aryl methyl sites for hydroxylation is 1. The molecule has 1 saturated heterocycles. The number of hydrogen-bond donors (Lipinski definition) is 2. The lowest BCUT2D eigenvalue weighted by molar-refractivity contribution is 0.0372. The van der Waals surface area contributed by atoms with Crippen molar-refractivity contribution in [1.29, 1.82) is 0 Å². The summed E-state index contributed by atoms with van der Waals surface area (Å²) in [5, 5.41) is 7.83. The van der Waals surface area contributed by atoms with Crippen molar-refractivity contribution in [2.24, 2.45) is 7.05 Å². The zero-order chi connectivity index (χ0) is 18.9. The van der Waals surface area contributed by atoms with Gasteiger partial charge in [0, 0.05) is 62.4 Å². The van der Waals surface area contributed by atoms with Crippen LogP contribution in [0.15, 0.2) is 43.0 Å². The van der Waals surface area contributed by atoms with E-state index in [1.807, 2.05) is 30.1 Å². The van der Waals surface area contributed by atoms with Crippen molar-refractivity contribution in [2.45, 2.75) is 6.10 Å². The summed E-state index contributed by atoms with van der Waals surface area (Å²) in [6.07, 6.45) is 7.35. The van der Waals surface area contributed by atoms with E-state index in [1.165, 1.54) is 0 Å². The van der Waals surface area contributed by atoms with Gasteiger partial charge in [0.1, 0.15) is 11.2 Å². The predicted molar refractivity (Wildman–Crippen MR) is 108 cm³/mol. The number of nitrogens with one attached hydrogen (secondary N) is 2. The lowest BCUT2D eigenvalue weighted by Gasteiger charge is -2.24. The molecule has 8 heteroatoms. The highest BCUT2D eigenvalue weighted by molar-refractivity contribution is 5.89. The summed E-state index contributed by atoms with van der Waals surface area (Å²) in [6.45, 7) is 3.10. The maximum absolute atomic E-state index is 5.78. The molecule has 1 atom stereocenters. The standard InChI is InChI=1S/C20H21N7O/c1-27-6-2-13-8-14(10-25-20(13)27)16-9-17-18(23-4-3-22-17)19(26-16)24-12-15-11-21-5-7-28-15/h2-4,6,8-10,15,21H,5,7,11-12H2,1H3,(H,24,26). The molecule has 28 heavy (non-hydrogen) atoms. The van der Waals surface area contributed by atoms with Gasteiger partial charge in [0.05, 0.1) is 23.9 Å². The average molecular weight is 375 g/mol. The van der Waals surface area contributed by atoms with E-state index in [0.29, 0.717) is 12.4 Å². The second-order valence-electron chi connectivity index (χ2n) is 6.92. The van der Waals surface area contributed by atoms with Crippen molar-refractivity contribution in [1.82, 2.24) is 29.8 Å². The van der Waals surface area contributed by atoms with Crippen molar-refractivity contribution >= 4 is 27.9 Å². The van der Waals surface area contributed by atoms with Crippen LogP contribution in [0.1, 0.15) is 0 Å². The van der Waals surface area contributed by atoms with Crippen LogP contribution in [-0.4, -0.2) is 56.8 Å². The SMILES string of the molecule is Cn1ccc2cc(-c3cc4nccnc4c(NCC4CNCCO4)n3)cnc21. The van der Waals surface area contributed by atoms with Gasteiger partial charge in [-0.1, -0.05) is 0 Å². The quantitative estimate of drug-likeness (QED) is 0.564. The van der Waals surface area contributed by atoms with Crippen LogP contribution in [-0.2, 0) is 11.8 Å². The van der Waals surface area contributed by atoms with Gasteiger partial charge in [0.15, 0.2) is 5.82 Å². The molecule has 0 bridgehead atoms. The zero-order valence-corrected chi connectivity index (χ0v) is 15.6. The Balaban J connectivity index is 1.53. The van der Waals surface area contributed by atoms with Gasteiger partial charge < -0.3 is 19.9 Å². The molecule has 142 valence electrons. The van der Waals surface area contributed by atoms with Crippen molar-refractivity contribution < 1.29 is 4.74 Å². The summed E-state index contributed by atoms with van der Waals surface area (Å²) >= 11 is 0. The molecular weight excluding hydrogens is 354 g/mol. The molecule has 0 radical (unpaired) electrons. The lowest BCUT2D eigenvalue weighted by atomic mass is 10.1. The number of rotatable bonds is 4. The van der Waals surface area contributed by atoms with Crippen LogP contribution >= 0.6 is 0 Å². The first-order valence-electron chi connectivity index (χ1n) is 9.37. The van der Waals surface area contributed by atoms with Gasteiger partial charge in [-0.2, -0.15) is 0 Å². The van der Waals surface area contributed by atoms with Crippen LogP contribution < -0.4 is 10.6 Å². The first-order valence-corrected chi connectivity index (χ1v) is 9.37. The number of fused-ring (bicyclic) bond motifs is 2. The van der Waals surface area contributed by atoms with E-state index < -0.39 is 0 Å². The summed E-state index contributed by atoms with van der Waals surface area (Å²) in [7, 11) is 1.99. The van der Waals surface area contributed by atoms with Gasteiger partial charge in [-0.15, -0.1) is 0 Å². The Morgan fingerprint density at radius 1 is 1.25 bits per heavy atom. The highest BCUT2D eigenvalue weighted by Crippen LogP contribution is 2.27. The molecule has 2 N–H and O–H groups in total. The summed E-state index contributed by atoms with van der Waals surface area (Å²) in [6, 6.07) is 6.11. The minimum atomic E-state index is 0.105. The molecule has 0 spiro atoms. The molecule has 5 rings (SSSR count). The van der Waals surface area contributed by atoms with Crippen LogP contribution in [0.25, 0.3) is 33.3 Å². The van der Waals surface area contributed by atoms with Crippen LogP contribution in [0.2, 0.25) is 0 Å². The molecule has 0 amide bonds. The maximum atomic E-state index is 5.78. The second-order valence-corrected chi connectivity index (χ2v) is 6.92. The molecule has 1 fully saturated rings. The molecule has 5 heterocycles. The maximum Gasteiger partial charge on any atom is 0.154 e. The van der Waals surface area contributed by atoms with Gasteiger partial charge >= 0.3 is 0 Å². The molecule has 1 unspecified atom stereocenters. The van der Waals surface area contributed by atoms with Gasteiger partial charge in [-0.05, 0) is 18.2 Å². The fourth-order valence-corrected chi connectivity index (χ4v) is 3.50. The van der Waals surface area contributed by atoms with Crippen LogP contribution in [0.5, 0.6) is 0 Å². The van der Waals surface area contributed by atoms with Crippen molar-refractivity contribution in [3.8, 4) is 11.3 Å².